The average molecular weight is 335 g/mol. The second-order valence-electron chi connectivity index (χ2n) is 6.43. The highest BCUT2D eigenvalue weighted by Gasteiger charge is 2.27. The largest absolute Gasteiger partial charge is 0.332 e. The highest BCUT2D eigenvalue weighted by atomic mass is 16.2. The van der Waals surface area contributed by atoms with Crippen LogP contribution in [0.25, 0.3) is 11.3 Å². The van der Waals surface area contributed by atoms with Crippen LogP contribution in [-0.2, 0) is 19.5 Å². The molecule has 0 saturated heterocycles. The molecular formula is C19H21N5O. The third kappa shape index (κ3) is 2.84. The summed E-state index contributed by atoms with van der Waals surface area (Å²) in [7, 11) is 0. The topological polar surface area (TPSA) is 66.8 Å². The molecule has 0 spiro atoms. The van der Waals surface area contributed by atoms with E-state index in [9.17, 15) is 4.79 Å². The third-order valence-electron chi connectivity index (χ3n) is 4.73. The number of rotatable bonds is 3. The summed E-state index contributed by atoms with van der Waals surface area (Å²) in [5, 5.41) is 12.0. The molecule has 1 aliphatic rings. The van der Waals surface area contributed by atoms with Crippen molar-refractivity contribution in [2.45, 2.75) is 33.4 Å². The Bertz CT molecular complexity index is 906. The summed E-state index contributed by atoms with van der Waals surface area (Å²) in [6, 6.07) is 10.1. The molecule has 0 bridgehead atoms. The van der Waals surface area contributed by atoms with E-state index in [1.54, 1.807) is 10.7 Å². The minimum Gasteiger partial charge on any atom is -0.332 e. The molecular weight excluding hydrogens is 314 g/mol. The zero-order chi connectivity index (χ0) is 17.4. The van der Waals surface area contributed by atoms with E-state index in [1.807, 2.05) is 18.0 Å². The van der Waals surface area contributed by atoms with Crippen molar-refractivity contribution < 1.29 is 4.79 Å². The fourth-order valence-corrected chi connectivity index (χ4v) is 3.23. The molecule has 1 aliphatic heterocycles. The lowest BCUT2D eigenvalue weighted by Crippen LogP contribution is -2.36. The van der Waals surface area contributed by atoms with Gasteiger partial charge in [-0.25, -0.2) is 0 Å². The van der Waals surface area contributed by atoms with Gasteiger partial charge in [-0.05, 0) is 19.9 Å². The van der Waals surface area contributed by atoms with E-state index >= 15 is 0 Å². The predicted molar refractivity (Wildman–Crippen MR) is 95.1 cm³/mol. The Hall–Kier alpha value is -2.89. The summed E-state index contributed by atoms with van der Waals surface area (Å²) < 4.78 is 1.78. The Labute approximate surface area is 146 Å². The summed E-state index contributed by atoms with van der Waals surface area (Å²) in [6.07, 6.45) is 2.63. The van der Waals surface area contributed by atoms with Crippen LogP contribution in [0.5, 0.6) is 0 Å². The molecule has 0 fully saturated rings. The molecule has 0 atom stereocenters. The van der Waals surface area contributed by atoms with Crippen LogP contribution in [0.15, 0.2) is 36.5 Å². The molecule has 1 aromatic carbocycles. The van der Waals surface area contributed by atoms with E-state index in [4.69, 9.17) is 0 Å². The van der Waals surface area contributed by atoms with Crippen LogP contribution >= 0.6 is 0 Å². The van der Waals surface area contributed by atoms with E-state index in [0.717, 1.165) is 35.5 Å². The Morgan fingerprint density at radius 2 is 2.04 bits per heavy atom. The van der Waals surface area contributed by atoms with Gasteiger partial charge in [-0.15, -0.1) is 0 Å². The molecule has 0 unspecified atom stereocenters. The van der Waals surface area contributed by atoms with Gasteiger partial charge in [0.2, 0.25) is 0 Å². The number of amides is 1. The van der Waals surface area contributed by atoms with Crippen molar-refractivity contribution in [2.75, 3.05) is 6.54 Å². The van der Waals surface area contributed by atoms with Gasteiger partial charge >= 0.3 is 0 Å². The molecule has 1 amide bonds. The van der Waals surface area contributed by atoms with Crippen LogP contribution in [0.3, 0.4) is 0 Å². The van der Waals surface area contributed by atoms with Crippen LogP contribution in [0.2, 0.25) is 0 Å². The summed E-state index contributed by atoms with van der Waals surface area (Å²) in [5.74, 6) is -0.0195. The first-order valence-electron chi connectivity index (χ1n) is 8.61. The monoisotopic (exact) mass is 335 g/mol. The van der Waals surface area contributed by atoms with Gasteiger partial charge in [0.05, 0.1) is 12.2 Å². The van der Waals surface area contributed by atoms with E-state index in [0.29, 0.717) is 18.8 Å². The van der Waals surface area contributed by atoms with E-state index < -0.39 is 0 Å². The van der Waals surface area contributed by atoms with Crippen LogP contribution in [0, 0.1) is 6.92 Å². The van der Waals surface area contributed by atoms with E-state index in [2.05, 4.69) is 46.5 Å². The number of hydrogen-bond donors (Lipinski definition) is 1. The van der Waals surface area contributed by atoms with Crippen molar-refractivity contribution in [1.82, 2.24) is 24.9 Å². The lowest BCUT2D eigenvalue weighted by Gasteiger charge is -2.26. The summed E-state index contributed by atoms with van der Waals surface area (Å²) in [5.41, 5.74) is 5.97. The molecule has 2 aromatic heterocycles. The van der Waals surface area contributed by atoms with Gasteiger partial charge in [0.25, 0.3) is 5.91 Å². The number of aromatic nitrogens is 4. The van der Waals surface area contributed by atoms with Crippen molar-refractivity contribution >= 4 is 5.91 Å². The molecule has 25 heavy (non-hydrogen) atoms. The molecule has 6 heteroatoms. The van der Waals surface area contributed by atoms with Crippen LogP contribution in [0.4, 0.5) is 0 Å². The lowest BCUT2D eigenvalue weighted by molar-refractivity contribution is 0.0727. The number of aryl methyl sites for hydroxylation is 2. The van der Waals surface area contributed by atoms with Gasteiger partial charge in [-0.3, -0.25) is 14.6 Å². The third-order valence-corrected chi connectivity index (χ3v) is 4.73. The zero-order valence-corrected chi connectivity index (χ0v) is 14.5. The number of H-pyrrole nitrogens is 1. The van der Waals surface area contributed by atoms with Crippen molar-refractivity contribution in [3.05, 3.63) is 59.0 Å². The molecule has 4 rings (SSSR count). The number of benzene rings is 1. The fraction of sp³-hybridized carbons (Fsp3) is 0.316. The highest BCUT2D eigenvalue weighted by Crippen LogP contribution is 2.29. The van der Waals surface area contributed by atoms with Crippen LogP contribution in [-0.4, -0.2) is 37.3 Å². The minimum atomic E-state index is -0.0195. The molecule has 0 radical (unpaired) electrons. The van der Waals surface area contributed by atoms with Crippen LogP contribution < -0.4 is 0 Å². The Morgan fingerprint density at radius 3 is 2.76 bits per heavy atom. The van der Waals surface area contributed by atoms with E-state index in [-0.39, 0.29) is 5.91 Å². The van der Waals surface area contributed by atoms with Crippen molar-refractivity contribution in [3.8, 4) is 11.3 Å². The lowest BCUT2D eigenvalue weighted by atomic mass is 10.00. The molecule has 6 nitrogen and oxygen atoms in total. The summed E-state index contributed by atoms with van der Waals surface area (Å²) in [6.45, 7) is 6.08. The van der Waals surface area contributed by atoms with Gasteiger partial charge in [0.1, 0.15) is 5.69 Å². The maximum absolute atomic E-state index is 12.8. The normalized spacial score (nSPS) is 13.8. The first-order valence-corrected chi connectivity index (χ1v) is 8.61. The molecule has 128 valence electrons. The second kappa shape index (κ2) is 6.20. The van der Waals surface area contributed by atoms with Gasteiger partial charge in [-0.2, -0.15) is 10.2 Å². The maximum Gasteiger partial charge on any atom is 0.274 e. The molecule has 3 heterocycles. The number of fused-ring (bicyclic) bond motifs is 1. The van der Waals surface area contributed by atoms with Crippen molar-refractivity contribution in [1.29, 1.82) is 0 Å². The quantitative estimate of drug-likeness (QED) is 0.800. The predicted octanol–water partition coefficient (Wildman–Crippen LogP) is 2.80. The summed E-state index contributed by atoms with van der Waals surface area (Å²) in [4.78, 5) is 14.6. The SMILES string of the molecule is CCn1ccc(C(=O)N2CCc3[nH]nc(-c4ccc(C)cc4)c3C2)n1. The zero-order valence-electron chi connectivity index (χ0n) is 14.5. The Balaban J connectivity index is 1.61. The number of nitrogens with zero attached hydrogens (tertiary/aromatic N) is 4. The van der Waals surface area contributed by atoms with Gasteiger partial charge in [0.15, 0.2) is 0 Å². The van der Waals surface area contributed by atoms with Crippen LogP contribution in [0.1, 0.15) is 34.2 Å². The Morgan fingerprint density at radius 1 is 1.24 bits per heavy atom. The molecule has 0 aliphatic carbocycles. The van der Waals surface area contributed by atoms with Gasteiger partial charge in [-0.1, -0.05) is 29.8 Å². The number of hydrogen-bond acceptors (Lipinski definition) is 3. The smallest absolute Gasteiger partial charge is 0.274 e. The average Bonchev–Trinajstić information content (AvgIpc) is 3.28. The van der Waals surface area contributed by atoms with E-state index in [1.165, 1.54) is 5.56 Å². The number of carbonyl (C=O) groups excluding carboxylic acids is 1. The fourth-order valence-electron chi connectivity index (χ4n) is 3.23. The molecule has 1 N–H and O–H groups in total. The Kier molecular flexibility index (Phi) is 3.87. The van der Waals surface area contributed by atoms with Crippen molar-refractivity contribution in [2.24, 2.45) is 0 Å². The highest BCUT2D eigenvalue weighted by molar-refractivity contribution is 5.92. The van der Waals surface area contributed by atoms with Crippen molar-refractivity contribution in [3.63, 3.8) is 0 Å². The second-order valence-corrected chi connectivity index (χ2v) is 6.43. The summed E-state index contributed by atoms with van der Waals surface area (Å²) >= 11 is 0. The standard InChI is InChI=1S/C19H21N5O/c1-3-24-11-9-17(22-24)19(25)23-10-8-16-15(12-23)18(21-20-16)14-6-4-13(2)5-7-14/h4-7,9,11H,3,8,10,12H2,1-2H3,(H,20,21). The first kappa shape index (κ1) is 15.6. The van der Waals surface area contributed by atoms with Gasteiger partial charge in [0, 0.05) is 42.5 Å². The number of carbonyl (C=O) groups is 1. The maximum atomic E-state index is 12.8. The van der Waals surface area contributed by atoms with Gasteiger partial charge < -0.3 is 4.90 Å². The minimum absolute atomic E-state index is 0.0195. The first-order chi connectivity index (χ1) is 12.2. The number of aromatic amines is 1. The number of nitrogens with one attached hydrogen (secondary N) is 1. The molecule has 0 saturated carbocycles. The molecule has 3 aromatic rings.